The second kappa shape index (κ2) is 6.98. The van der Waals surface area contributed by atoms with Gasteiger partial charge in [0.05, 0.1) is 5.69 Å². The van der Waals surface area contributed by atoms with E-state index in [1.165, 1.54) is 18.2 Å². The van der Waals surface area contributed by atoms with Crippen molar-refractivity contribution in [3.8, 4) is 17.0 Å². The Labute approximate surface area is 133 Å². The van der Waals surface area contributed by atoms with Crippen LogP contribution in [0.25, 0.3) is 11.3 Å². The molecular weight excluding hydrogens is 305 g/mol. The van der Waals surface area contributed by atoms with E-state index < -0.39 is 6.36 Å². The second-order valence-electron chi connectivity index (χ2n) is 5.52. The summed E-state index contributed by atoms with van der Waals surface area (Å²) < 4.78 is 41.0. The molecule has 0 aliphatic carbocycles. The Bertz CT molecular complexity index is 671. The molecule has 1 aromatic heterocycles. The van der Waals surface area contributed by atoms with Gasteiger partial charge in [0.25, 0.3) is 0 Å². The third kappa shape index (κ3) is 4.94. The fourth-order valence-corrected chi connectivity index (χ4v) is 2.37. The van der Waals surface area contributed by atoms with Crippen molar-refractivity contribution in [1.82, 2.24) is 9.97 Å². The van der Waals surface area contributed by atoms with Crippen LogP contribution in [0.1, 0.15) is 44.1 Å². The van der Waals surface area contributed by atoms with E-state index in [-0.39, 0.29) is 11.7 Å². The maximum Gasteiger partial charge on any atom is 0.573 e. The first-order valence-corrected chi connectivity index (χ1v) is 7.50. The topological polar surface area (TPSA) is 35.0 Å². The van der Waals surface area contributed by atoms with Crippen molar-refractivity contribution < 1.29 is 17.9 Å². The normalized spacial score (nSPS) is 13.0. The van der Waals surface area contributed by atoms with Crippen LogP contribution in [0.3, 0.4) is 0 Å². The van der Waals surface area contributed by atoms with Crippen molar-refractivity contribution in [3.63, 3.8) is 0 Å². The number of benzene rings is 1. The van der Waals surface area contributed by atoms with Gasteiger partial charge in [-0.2, -0.15) is 0 Å². The van der Waals surface area contributed by atoms with Crippen LogP contribution in [-0.2, 0) is 0 Å². The summed E-state index contributed by atoms with van der Waals surface area (Å²) in [5, 5.41) is 0. The molecule has 1 atom stereocenters. The molecule has 2 aromatic rings. The molecule has 0 aliphatic rings. The Kier molecular flexibility index (Phi) is 5.23. The number of alkyl halides is 3. The molecule has 124 valence electrons. The average molecular weight is 324 g/mol. The summed E-state index contributed by atoms with van der Waals surface area (Å²) in [6.45, 7) is 5.99. The quantitative estimate of drug-likeness (QED) is 0.753. The van der Waals surface area contributed by atoms with Gasteiger partial charge in [-0.1, -0.05) is 32.4 Å². The second-order valence-corrected chi connectivity index (χ2v) is 5.52. The predicted octanol–water partition coefficient (Wildman–Crippen LogP) is 5.25. The van der Waals surface area contributed by atoms with E-state index >= 15 is 0 Å². The summed E-state index contributed by atoms with van der Waals surface area (Å²) in [5.41, 5.74) is 1.96. The zero-order valence-corrected chi connectivity index (χ0v) is 13.3. The lowest BCUT2D eigenvalue weighted by molar-refractivity contribution is -0.274. The van der Waals surface area contributed by atoms with Crippen LogP contribution in [0.15, 0.2) is 30.3 Å². The number of nitrogens with zero attached hydrogens (tertiary/aromatic N) is 2. The third-order valence-corrected chi connectivity index (χ3v) is 3.40. The first-order valence-electron chi connectivity index (χ1n) is 7.50. The van der Waals surface area contributed by atoms with Gasteiger partial charge < -0.3 is 4.74 Å². The molecular formula is C17H19F3N2O. The highest BCUT2D eigenvalue weighted by Crippen LogP contribution is 2.28. The van der Waals surface area contributed by atoms with E-state index in [4.69, 9.17) is 0 Å². The Balaban J connectivity index is 2.36. The summed E-state index contributed by atoms with van der Waals surface area (Å²) in [6.07, 6.45) is -2.73. The van der Waals surface area contributed by atoms with Gasteiger partial charge in [0, 0.05) is 17.2 Å². The summed E-state index contributed by atoms with van der Waals surface area (Å²) >= 11 is 0. The highest BCUT2D eigenvalue weighted by atomic mass is 19.4. The van der Waals surface area contributed by atoms with Crippen molar-refractivity contribution >= 4 is 0 Å². The molecule has 0 aliphatic heterocycles. The molecule has 0 saturated carbocycles. The summed E-state index contributed by atoms with van der Waals surface area (Å²) in [5.74, 6) is 0.659. The number of aromatic nitrogens is 2. The molecule has 0 radical (unpaired) electrons. The molecule has 0 fully saturated rings. The van der Waals surface area contributed by atoms with Crippen LogP contribution in [0.2, 0.25) is 0 Å². The molecule has 1 heterocycles. The molecule has 0 spiro atoms. The zero-order chi connectivity index (χ0) is 17.0. The van der Waals surface area contributed by atoms with E-state index in [0.717, 1.165) is 18.5 Å². The highest BCUT2D eigenvalue weighted by Gasteiger charge is 2.31. The Morgan fingerprint density at radius 2 is 1.91 bits per heavy atom. The van der Waals surface area contributed by atoms with E-state index in [1.54, 1.807) is 12.1 Å². The minimum atomic E-state index is -4.71. The van der Waals surface area contributed by atoms with Crippen LogP contribution < -0.4 is 4.74 Å². The van der Waals surface area contributed by atoms with Gasteiger partial charge in [0.1, 0.15) is 11.6 Å². The van der Waals surface area contributed by atoms with Gasteiger partial charge in [-0.05, 0) is 31.5 Å². The fraction of sp³-hybridized carbons (Fsp3) is 0.412. The SMILES string of the molecule is CCCC(C)c1nc(C)cc(-c2cccc(OC(F)(F)F)c2)n1. The van der Waals surface area contributed by atoms with Gasteiger partial charge in [-0.25, -0.2) is 9.97 Å². The minimum Gasteiger partial charge on any atom is -0.406 e. The molecule has 0 N–H and O–H groups in total. The summed E-state index contributed by atoms with van der Waals surface area (Å²) in [6, 6.07) is 7.59. The lowest BCUT2D eigenvalue weighted by Gasteiger charge is -2.13. The fourth-order valence-electron chi connectivity index (χ4n) is 2.37. The number of ether oxygens (including phenoxy) is 1. The predicted molar refractivity (Wildman–Crippen MR) is 82.2 cm³/mol. The molecule has 0 bridgehead atoms. The molecule has 1 unspecified atom stereocenters. The van der Waals surface area contributed by atoms with Crippen molar-refractivity contribution in [2.75, 3.05) is 0 Å². The van der Waals surface area contributed by atoms with Gasteiger partial charge in [-0.15, -0.1) is 13.2 Å². The maximum atomic E-state index is 12.3. The Morgan fingerprint density at radius 3 is 2.57 bits per heavy atom. The number of rotatable bonds is 5. The molecule has 1 aromatic carbocycles. The monoisotopic (exact) mass is 324 g/mol. The van der Waals surface area contributed by atoms with E-state index in [1.807, 2.05) is 13.8 Å². The van der Waals surface area contributed by atoms with Crippen molar-refractivity contribution in [2.24, 2.45) is 0 Å². The summed E-state index contributed by atoms with van der Waals surface area (Å²) in [4.78, 5) is 8.95. The molecule has 0 saturated heterocycles. The van der Waals surface area contributed by atoms with Crippen LogP contribution >= 0.6 is 0 Å². The molecule has 6 heteroatoms. The van der Waals surface area contributed by atoms with Crippen molar-refractivity contribution in [1.29, 1.82) is 0 Å². The van der Waals surface area contributed by atoms with Crippen LogP contribution in [0.5, 0.6) is 5.75 Å². The smallest absolute Gasteiger partial charge is 0.406 e. The van der Waals surface area contributed by atoms with Crippen molar-refractivity contribution in [2.45, 2.75) is 45.9 Å². The summed E-state index contributed by atoms with van der Waals surface area (Å²) in [7, 11) is 0. The van der Waals surface area contributed by atoms with Crippen LogP contribution in [0, 0.1) is 6.92 Å². The molecule has 23 heavy (non-hydrogen) atoms. The van der Waals surface area contributed by atoms with Crippen LogP contribution in [0.4, 0.5) is 13.2 Å². The Morgan fingerprint density at radius 1 is 1.17 bits per heavy atom. The van der Waals surface area contributed by atoms with Crippen molar-refractivity contribution in [3.05, 3.63) is 41.9 Å². The highest BCUT2D eigenvalue weighted by molar-refractivity contribution is 5.61. The molecule has 2 rings (SSSR count). The zero-order valence-electron chi connectivity index (χ0n) is 13.3. The van der Waals surface area contributed by atoms with Crippen LogP contribution in [-0.4, -0.2) is 16.3 Å². The Hall–Kier alpha value is -2.11. The average Bonchev–Trinajstić information content (AvgIpc) is 2.45. The standard InChI is InChI=1S/C17H19F3N2O/c1-4-6-11(2)16-21-12(3)9-15(22-16)13-7-5-8-14(10-13)23-17(18,19)20/h5,7-11H,4,6H2,1-3H3. The number of hydrogen-bond donors (Lipinski definition) is 0. The van der Waals surface area contributed by atoms with Gasteiger partial charge in [0.15, 0.2) is 0 Å². The van der Waals surface area contributed by atoms with E-state index in [9.17, 15) is 13.2 Å². The van der Waals surface area contributed by atoms with E-state index in [2.05, 4.69) is 21.6 Å². The van der Waals surface area contributed by atoms with E-state index in [0.29, 0.717) is 17.1 Å². The van der Waals surface area contributed by atoms with Gasteiger partial charge in [-0.3, -0.25) is 0 Å². The first-order chi connectivity index (χ1) is 10.8. The molecule has 3 nitrogen and oxygen atoms in total. The number of hydrogen-bond acceptors (Lipinski definition) is 3. The van der Waals surface area contributed by atoms with Gasteiger partial charge >= 0.3 is 6.36 Å². The lowest BCUT2D eigenvalue weighted by Crippen LogP contribution is -2.17. The largest absolute Gasteiger partial charge is 0.573 e. The number of aryl methyl sites for hydroxylation is 1. The van der Waals surface area contributed by atoms with Gasteiger partial charge in [0.2, 0.25) is 0 Å². The first kappa shape index (κ1) is 17.2. The lowest BCUT2D eigenvalue weighted by atomic mass is 10.0. The number of halogens is 3. The molecule has 0 amide bonds. The maximum absolute atomic E-state index is 12.3. The minimum absolute atomic E-state index is 0.202. The third-order valence-electron chi connectivity index (χ3n) is 3.40.